The predicted molar refractivity (Wildman–Crippen MR) is 266 cm³/mol. The summed E-state index contributed by atoms with van der Waals surface area (Å²) in [5, 5.41) is 6.38. The summed E-state index contributed by atoms with van der Waals surface area (Å²) in [4.78, 5) is 15.8. The van der Waals surface area contributed by atoms with Crippen LogP contribution < -0.4 is 0 Å². The summed E-state index contributed by atoms with van der Waals surface area (Å²) in [5.41, 5.74) is 9.44. The average molecular weight is 825 g/mol. The Morgan fingerprint density at radius 1 is 0.302 bits per heavy atom. The Labute approximate surface area is 376 Å². The third-order valence-electron chi connectivity index (χ3n) is 11.8. The molecule has 12 rings (SSSR count). The maximum Gasteiger partial charge on any atom is 0.164 e. The van der Waals surface area contributed by atoms with Gasteiger partial charge in [0.2, 0.25) is 0 Å². The molecule has 0 atom stereocenters. The molecule has 4 heteroatoms. The van der Waals surface area contributed by atoms with Crippen molar-refractivity contribution in [3.8, 4) is 78.7 Å². The van der Waals surface area contributed by atoms with Gasteiger partial charge in [-0.15, -0.1) is 11.3 Å². The number of hydrogen-bond acceptors (Lipinski definition) is 4. The van der Waals surface area contributed by atoms with Gasteiger partial charge in [0, 0.05) is 36.9 Å². The molecule has 0 amide bonds. The molecule has 0 fully saturated rings. The summed E-state index contributed by atoms with van der Waals surface area (Å²) >= 11 is 1.80. The highest BCUT2D eigenvalue weighted by molar-refractivity contribution is 7.25. The van der Waals surface area contributed by atoms with Crippen molar-refractivity contribution in [2.45, 2.75) is 0 Å². The van der Waals surface area contributed by atoms with Crippen LogP contribution in [0.4, 0.5) is 0 Å². The molecule has 0 aliphatic rings. The number of aromatic nitrogens is 3. The van der Waals surface area contributed by atoms with Crippen molar-refractivity contribution in [2.24, 2.45) is 0 Å². The fraction of sp³-hybridized carbons (Fsp3) is 0. The van der Waals surface area contributed by atoms with Crippen molar-refractivity contribution in [3.05, 3.63) is 224 Å². The molecule has 0 bridgehead atoms. The molecule has 3 nitrogen and oxygen atoms in total. The first kappa shape index (κ1) is 31.8. The van der Waals surface area contributed by atoms with Gasteiger partial charge < -0.3 is 0 Å². The Kier molecular flexibility index (Phi) is 7.79. The van der Waals surface area contributed by atoms with Gasteiger partial charge in [-0.05, 0) is 102 Å². The molecular weight excluding hydrogens is 783 g/mol. The van der Waals surface area contributed by atoms with Crippen LogP contribution in [0.1, 0.15) is 6.85 Å². The molecule has 12 aromatic rings. The lowest BCUT2D eigenvalue weighted by Crippen LogP contribution is -2.01. The van der Waals surface area contributed by atoms with Gasteiger partial charge in [0.05, 0.1) is 6.85 Å². The van der Waals surface area contributed by atoms with Crippen LogP contribution >= 0.6 is 11.3 Å². The van der Waals surface area contributed by atoms with E-state index in [1.807, 2.05) is 60.7 Å². The van der Waals surface area contributed by atoms with E-state index >= 15 is 0 Å². The molecule has 63 heavy (non-hydrogen) atoms. The standard InChI is InChI=1S/C59H37N3S/c1-3-15-38(16-4-1)48-31-32-49(51-26-10-9-25-50(48)51)43-21-14-23-45(34-43)58-60-57(44-22-13-20-40(33-44)41-29-30-53-52-27-11-12-28-55(52)63-56(53)37-41)61-59(62-58)46-35-42-19-7-8-24-47(42)54(36-46)39-17-5-2-6-18-39/h1-37H/i1D,3D,4D,15D,16D. The molecule has 2 heterocycles. The van der Waals surface area contributed by atoms with Gasteiger partial charge in [-0.1, -0.05) is 188 Å². The van der Waals surface area contributed by atoms with Gasteiger partial charge in [0.15, 0.2) is 17.5 Å². The molecular formula is C59H37N3S. The highest BCUT2D eigenvalue weighted by atomic mass is 32.1. The smallest absolute Gasteiger partial charge is 0.164 e. The fourth-order valence-electron chi connectivity index (χ4n) is 8.78. The minimum Gasteiger partial charge on any atom is -0.208 e. The van der Waals surface area contributed by atoms with Gasteiger partial charge >= 0.3 is 0 Å². The third-order valence-corrected chi connectivity index (χ3v) is 12.9. The highest BCUT2D eigenvalue weighted by Crippen LogP contribution is 2.40. The SMILES string of the molecule is [2H]c1c([2H])c([2H])c(-c2ccc(-c3cccc(-c4nc(-c5cccc(-c6ccc7c(c6)sc6ccccc67)c5)nc(-c5cc(-c6ccccc6)c6ccccc6c5)n4)c3)c3ccccc23)c([2H])c1[2H]. The Morgan fingerprint density at radius 3 is 1.59 bits per heavy atom. The molecule has 10 aromatic carbocycles. The summed E-state index contributed by atoms with van der Waals surface area (Å²) < 4.78 is 44.9. The van der Waals surface area contributed by atoms with Crippen molar-refractivity contribution in [1.82, 2.24) is 15.0 Å². The average Bonchev–Trinajstić information content (AvgIpc) is 3.78. The Balaban J connectivity index is 1.02. The van der Waals surface area contributed by atoms with Crippen molar-refractivity contribution in [3.63, 3.8) is 0 Å². The van der Waals surface area contributed by atoms with Crippen LogP contribution in [0.5, 0.6) is 0 Å². The number of thiophene rings is 1. The summed E-state index contributed by atoms with van der Waals surface area (Å²) in [6, 6.07) is 64.9. The first-order valence-corrected chi connectivity index (χ1v) is 21.7. The Bertz CT molecular complexity index is 3970. The zero-order chi connectivity index (χ0) is 46.0. The van der Waals surface area contributed by atoms with E-state index in [1.165, 1.54) is 20.2 Å². The van der Waals surface area contributed by atoms with Crippen LogP contribution in [-0.2, 0) is 0 Å². The number of rotatable bonds is 7. The van der Waals surface area contributed by atoms with Crippen LogP contribution in [0, 0.1) is 0 Å². The van der Waals surface area contributed by atoms with Gasteiger partial charge in [0.25, 0.3) is 0 Å². The molecule has 0 saturated carbocycles. The van der Waals surface area contributed by atoms with Crippen molar-refractivity contribution >= 4 is 53.1 Å². The van der Waals surface area contributed by atoms with Crippen molar-refractivity contribution in [2.75, 3.05) is 0 Å². The monoisotopic (exact) mass is 824 g/mol. The van der Waals surface area contributed by atoms with Crippen molar-refractivity contribution in [1.29, 1.82) is 0 Å². The van der Waals surface area contributed by atoms with E-state index in [2.05, 4.69) is 133 Å². The predicted octanol–water partition coefficient (Wildman–Crippen LogP) is 16.2. The van der Waals surface area contributed by atoms with Gasteiger partial charge in [-0.25, -0.2) is 15.0 Å². The topological polar surface area (TPSA) is 38.7 Å². The molecule has 0 aliphatic carbocycles. The fourth-order valence-corrected chi connectivity index (χ4v) is 9.93. The lowest BCUT2D eigenvalue weighted by Gasteiger charge is -2.14. The maximum atomic E-state index is 8.76. The number of hydrogen-bond donors (Lipinski definition) is 0. The summed E-state index contributed by atoms with van der Waals surface area (Å²) in [5.74, 6) is 1.60. The normalized spacial score (nSPS) is 12.6. The van der Waals surface area contributed by atoms with Crippen molar-refractivity contribution < 1.29 is 6.85 Å². The minimum absolute atomic E-state index is 0.173. The zero-order valence-electron chi connectivity index (χ0n) is 38.7. The molecule has 2 aromatic heterocycles. The van der Waals surface area contributed by atoms with E-state index in [1.54, 1.807) is 11.3 Å². The van der Waals surface area contributed by atoms with Gasteiger partial charge in [-0.2, -0.15) is 0 Å². The molecule has 0 unspecified atom stereocenters. The number of benzene rings is 10. The number of nitrogens with zero attached hydrogens (tertiary/aromatic N) is 3. The second-order valence-electron chi connectivity index (χ2n) is 15.6. The van der Waals surface area contributed by atoms with Gasteiger partial charge in [-0.3, -0.25) is 0 Å². The quantitative estimate of drug-likeness (QED) is 0.161. The Morgan fingerprint density at radius 2 is 0.841 bits per heavy atom. The second kappa shape index (κ2) is 15.4. The van der Waals surface area contributed by atoms with E-state index < -0.39 is 6.04 Å². The summed E-state index contributed by atoms with van der Waals surface area (Å²) in [6.45, 7) is 0. The summed E-state index contributed by atoms with van der Waals surface area (Å²) in [6.07, 6.45) is 0. The van der Waals surface area contributed by atoms with E-state index in [0.29, 0.717) is 23.0 Å². The minimum atomic E-state index is -0.416. The first-order chi connectivity index (χ1) is 33.3. The zero-order valence-corrected chi connectivity index (χ0v) is 34.5. The van der Waals surface area contributed by atoms with E-state index in [9.17, 15) is 0 Å². The highest BCUT2D eigenvalue weighted by Gasteiger charge is 2.17. The van der Waals surface area contributed by atoms with E-state index in [0.717, 1.165) is 71.6 Å². The lowest BCUT2D eigenvalue weighted by molar-refractivity contribution is 1.07. The maximum absolute atomic E-state index is 8.76. The van der Waals surface area contributed by atoms with Gasteiger partial charge in [0.1, 0.15) is 0 Å². The number of fused-ring (bicyclic) bond motifs is 5. The first-order valence-electron chi connectivity index (χ1n) is 23.3. The molecule has 0 spiro atoms. The molecule has 294 valence electrons. The van der Waals surface area contributed by atoms with Crippen LogP contribution in [-0.4, -0.2) is 15.0 Å². The molecule has 0 aliphatic heterocycles. The second-order valence-corrected chi connectivity index (χ2v) is 16.7. The molecule has 0 saturated heterocycles. The van der Waals surface area contributed by atoms with E-state index in [-0.39, 0.29) is 29.7 Å². The molecule has 0 N–H and O–H groups in total. The van der Waals surface area contributed by atoms with Crippen LogP contribution in [0.15, 0.2) is 224 Å². The van der Waals surface area contributed by atoms with Crippen LogP contribution in [0.3, 0.4) is 0 Å². The largest absolute Gasteiger partial charge is 0.208 e. The van der Waals surface area contributed by atoms with E-state index in [4.69, 9.17) is 21.8 Å². The molecule has 0 radical (unpaired) electrons. The Hall–Kier alpha value is -8.05. The lowest BCUT2D eigenvalue weighted by atomic mass is 9.91. The third kappa shape index (κ3) is 6.74. The van der Waals surface area contributed by atoms with Crippen LogP contribution in [0.25, 0.3) is 120 Å². The van der Waals surface area contributed by atoms with Crippen LogP contribution in [0.2, 0.25) is 0 Å². The summed E-state index contributed by atoms with van der Waals surface area (Å²) in [7, 11) is 0.